The number of hydrogen-bond donors (Lipinski definition) is 1. The Morgan fingerprint density at radius 3 is 2.20 bits per heavy atom. The van der Waals surface area contributed by atoms with Gasteiger partial charge in [-0.3, -0.25) is 0 Å². The fraction of sp³-hybridized carbons (Fsp3) is 0. The zero-order chi connectivity index (χ0) is 9.97. The normalized spacial score (nSPS) is 9.40. The van der Waals surface area contributed by atoms with Crippen LogP contribution in [0.4, 0.5) is 0 Å². The fourth-order valence-corrected chi connectivity index (χ4v) is 1.64. The van der Waals surface area contributed by atoms with Crippen molar-refractivity contribution in [1.29, 1.82) is 0 Å². The summed E-state index contributed by atoms with van der Waals surface area (Å²) in [6, 6.07) is 14.8. The van der Waals surface area contributed by atoms with Crippen LogP contribution in [0.3, 0.4) is 0 Å². The number of aromatic hydroxyl groups is 1. The summed E-state index contributed by atoms with van der Waals surface area (Å²) in [6.45, 7) is 0. The monoisotopic (exact) mass is 227 g/mol. The molecule has 0 fully saturated rings. The number of hydrogen-bond acceptors (Lipinski definition) is 1. The molecule has 0 atom stereocenters. The van der Waals surface area contributed by atoms with Crippen LogP contribution in [0.15, 0.2) is 48.5 Å². The van der Waals surface area contributed by atoms with Gasteiger partial charge in [-0.05, 0) is 23.8 Å². The minimum atomic E-state index is 0. The van der Waals surface area contributed by atoms with Crippen molar-refractivity contribution in [3.63, 3.8) is 0 Å². The van der Waals surface area contributed by atoms with Gasteiger partial charge in [0.05, 0.1) is 5.02 Å². The summed E-state index contributed by atoms with van der Waals surface area (Å²) in [5.41, 5.74) is 1.99. The summed E-state index contributed by atoms with van der Waals surface area (Å²) in [6.07, 6.45) is 0. The molecule has 2 aromatic carbocycles. The molecule has 2 aromatic rings. The fourth-order valence-electron chi connectivity index (χ4n) is 1.36. The van der Waals surface area contributed by atoms with Crippen LogP contribution in [-0.2, 0) is 0 Å². The van der Waals surface area contributed by atoms with Crippen LogP contribution in [0.1, 0.15) is 0 Å². The second-order valence-corrected chi connectivity index (χ2v) is 3.44. The zero-order valence-corrected chi connectivity index (χ0v) is 11.2. The minimum absolute atomic E-state index is 0. The molecule has 0 aliphatic carbocycles. The Hall–Kier alpha value is -0.470. The number of rotatable bonds is 1. The van der Waals surface area contributed by atoms with E-state index in [0.29, 0.717) is 5.02 Å². The molecule has 3 heteroatoms. The molecule has 0 unspecified atom stereocenters. The van der Waals surface area contributed by atoms with Gasteiger partial charge in [-0.2, -0.15) is 0 Å². The van der Waals surface area contributed by atoms with Crippen molar-refractivity contribution in [2.75, 3.05) is 0 Å². The largest absolute Gasteiger partial charge is 1.00 e. The van der Waals surface area contributed by atoms with Gasteiger partial charge in [0.1, 0.15) is 5.75 Å². The average Bonchev–Trinajstić information content (AvgIpc) is 2.19. The second-order valence-electron chi connectivity index (χ2n) is 3.03. The smallest absolute Gasteiger partial charge is 0.508 e. The van der Waals surface area contributed by atoms with Gasteiger partial charge in [0, 0.05) is 5.56 Å². The van der Waals surface area contributed by atoms with Crippen molar-refractivity contribution < 1.29 is 34.7 Å². The molecule has 0 aliphatic heterocycles. The Kier molecular flexibility index (Phi) is 4.68. The minimum Gasteiger partial charge on any atom is -0.508 e. The van der Waals surface area contributed by atoms with Crippen molar-refractivity contribution >= 4 is 11.6 Å². The average molecular weight is 228 g/mol. The molecular weight excluding hydrogens is 219 g/mol. The maximum atomic E-state index is 9.20. The van der Waals surface area contributed by atoms with Crippen molar-refractivity contribution in [1.82, 2.24) is 0 Å². The van der Waals surface area contributed by atoms with Gasteiger partial charge in [-0.25, -0.2) is 0 Å². The van der Waals surface area contributed by atoms with Gasteiger partial charge < -0.3 is 5.11 Å². The first-order valence-electron chi connectivity index (χ1n) is 4.31. The van der Waals surface area contributed by atoms with Crippen LogP contribution in [-0.4, -0.2) is 5.11 Å². The maximum Gasteiger partial charge on any atom is 1.00 e. The molecule has 0 bridgehead atoms. The predicted molar refractivity (Wildman–Crippen MR) is 58.6 cm³/mol. The van der Waals surface area contributed by atoms with Gasteiger partial charge in [0.2, 0.25) is 0 Å². The predicted octanol–water partition coefficient (Wildman–Crippen LogP) is 0.717. The van der Waals surface area contributed by atoms with Crippen molar-refractivity contribution in [3.05, 3.63) is 53.6 Å². The Balaban J connectivity index is 0.00000112. The summed E-state index contributed by atoms with van der Waals surface area (Å²) in [4.78, 5) is 0. The molecular formula is C12H9ClNaO+. The summed E-state index contributed by atoms with van der Waals surface area (Å²) < 4.78 is 0. The molecule has 0 heterocycles. The summed E-state index contributed by atoms with van der Waals surface area (Å²) in [5, 5.41) is 9.77. The molecule has 0 aromatic heterocycles. The van der Waals surface area contributed by atoms with Crippen LogP contribution in [0.2, 0.25) is 5.02 Å². The van der Waals surface area contributed by atoms with E-state index in [2.05, 4.69) is 0 Å². The summed E-state index contributed by atoms with van der Waals surface area (Å²) in [5.74, 6) is 0.190. The van der Waals surface area contributed by atoms with E-state index >= 15 is 0 Å². The summed E-state index contributed by atoms with van der Waals surface area (Å²) >= 11 is 6.00. The number of phenolic OH excluding ortho intramolecular Hbond substituents is 1. The molecule has 0 saturated heterocycles. The molecule has 1 N–H and O–H groups in total. The molecule has 0 radical (unpaired) electrons. The quantitative estimate of drug-likeness (QED) is 0.712. The van der Waals surface area contributed by atoms with E-state index in [0.717, 1.165) is 11.1 Å². The molecule has 1 nitrogen and oxygen atoms in total. The topological polar surface area (TPSA) is 20.2 Å². The first kappa shape index (κ1) is 12.6. The van der Waals surface area contributed by atoms with Crippen LogP contribution in [0.5, 0.6) is 5.75 Å². The molecule has 15 heavy (non-hydrogen) atoms. The third-order valence-electron chi connectivity index (χ3n) is 2.04. The van der Waals surface area contributed by atoms with Crippen LogP contribution in [0, 0.1) is 0 Å². The van der Waals surface area contributed by atoms with Crippen molar-refractivity contribution in [2.45, 2.75) is 0 Å². The van der Waals surface area contributed by atoms with Gasteiger partial charge in [0.15, 0.2) is 0 Å². The number of phenols is 1. The van der Waals surface area contributed by atoms with Gasteiger partial charge in [0.25, 0.3) is 0 Å². The molecule has 0 amide bonds. The zero-order valence-electron chi connectivity index (χ0n) is 8.44. The van der Waals surface area contributed by atoms with Crippen molar-refractivity contribution in [2.24, 2.45) is 0 Å². The van der Waals surface area contributed by atoms with E-state index in [1.54, 1.807) is 12.1 Å². The SMILES string of the molecule is Oc1ccc(-c2ccccc2)c(Cl)c1.[Na+]. The summed E-state index contributed by atoms with van der Waals surface area (Å²) in [7, 11) is 0. The Labute approximate surface area is 116 Å². The van der Waals surface area contributed by atoms with Crippen molar-refractivity contribution in [3.8, 4) is 16.9 Å². The van der Waals surface area contributed by atoms with E-state index in [4.69, 9.17) is 11.6 Å². The van der Waals surface area contributed by atoms with Crippen LogP contribution < -0.4 is 29.6 Å². The third-order valence-corrected chi connectivity index (χ3v) is 2.35. The van der Waals surface area contributed by atoms with E-state index in [1.807, 2.05) is 36.4 Å². The first-order chi connectivity index (χ1) is 6.77. The Morgan fingerprint density at radius 2 is 1.60 bits per heavy atom. The van der Waals surface area contributed by atoms with Gasteiger partial charge >= 0.3 is 29.6 Å². The van der Waals surface area contributed by atoms with E-state index in [9.17, 15) is 5.11 Å². The number of halogens is 1. The van der Waals surface area contributed by atoms with Gasteiger partial charge in [-0.15, -0.1) is 0 Å². The molecule has 70 valence electrons. The Morgan fingerprint density at radius 1 is 0.933 bits per heavy atom. The van der Waals surface area contributed by atoms with Gasteiger partial charge in [-0.1, -0.05) is 41.9 Å². The standard InChI is InChI=1S/C12H9ClO.Na/c13-12-8-10(14)6-7-11(12)9-4-2-1-3-5-9;/h1-8,14H;/q;+1. The van der Waals surface area contributed by atoms with Crippen LogP contribution in [0.25, 0.3) is 11.1 Å². The Bertz CT molecular complexity index is 443. The van der Waals surface area contributed by atoms with Crippen LogP contribution >= 0.6 is 11.6 Å². The maximum absolute atomic E-state index is 9.20. The molecule has 0 saturated carbocycles. The molecule has 0 aliphatic rings. The van der Waals surface area contributed by atoms with E-state index in [1.165, 1.54) is 0 Å². The first-order valence-corrected chi connectivity index (χ1v) is 4.69. The van der Waals surface area contributed by atoms with E-state index < -0.39 is 0 Å². The third kappa shape index (κ3) is 2.99. The number of benzene rings is 2. The molecule has 2 rings (SSSR count). The second kappa shape index (κ2) is 5.57. The van der Waals surface area contributed by atoms with E-state index in [-0.39, 0.29) is 35.3 Å². The molecule has 0 spiro atoms.